The molecule has 2 unspecified atom stereocenters. The lowest BCUT2D eigenvalue weighted by Crippen LogP contribution is -2.22. The van der Waals surface area contributed by atoms with Crippen molar-refractivity contribution in [2.45, 2.75) is 30.9 Å². The number of carbonyl (C=O) groups is 1. The van der Waals surface area contributed by atoms with E-state index in [1.165, 1.54) is 19.3 Å². The molecule has 0 bridgehead atoms. The Balaban J connectivity index is 1.56. The highest BCUT2D eigenvalue weighted by Gasteiger charge is 2.37. The summed E-state index contributed by atoms with van der Waals surface area (Å²) in [5.41, 5.74) is 0.710. The first-order chi connectivity index (χ1) is 9.83. The van der Waals surface area contributed by atoms with Crippen molar-refractivity contribution in [2.75, 3.05) is 5.32 Å². The molecule has 0 aromatic heterocycles. The zero-order valence-corrected chi connectivity index (χ0v) is 12.6. The monoisotopic (exact) mass is 308 g/mol. The molecule has 1 heterocycles. The Labute approximate surface area is 126 Å². The minimum Gasteiger partial charge on any atom is -0.297 e. The van der Waals surface area contributed by atoms with Gasteiger partial charge in [-0.25, -0.2) is 4.79 Å². The van der Waals surface area contributed by atoms with E-state index in [1.807, 2.05) is 41.1 Å². The van der Waals surface area contributed by atoms with E-state index < -0.39 is 6.09 Å². The van der Waals surface area contributed by atoms with E-state index in [2.05, 4.69) is 10.5 Å². The third kappa shape index (κ3) is 3.30. The van der Waals surface area contributed by atoms with Crippen LogP contribution in [0.3, 0.4) is 0 Å². The molecule has 20 heavy (non-hydrogen) atoms. The number of fused-ring (bicyclic) bond motifs is 1. The number of para-hydroxylation sites is 1. The first-order valence-corrected chi connectivity index (χ1v) is 8.98. The third-order valence-corrected chi connectivity index (χ3v) is 6.51. The molecule has 0 spiro atoms. The molecular weight excluding hydrogens is 292 g/mol. The molecule has 106 valence electrons. The summed E-state index contributed by atoms with van der Waals surface area (Å²) in [6, 6.07) is 9.24. The molecule has 1 aromatic carbocycles. The van der Waals surface area contributed by atoms with Gasteiger partial charge in [-0.05, 0) is 35.8 Å². The van der Waals surface area contributed by atoms with E-state index in [0.29, 0.717) is 16.9 Å². The summed E-state index contributed by atoms with van der Waals surface area (Å²) < 4.78 is 0. The fraction of sp³-hybridized carbons (Fsp3) is 0.429. The number of hydrogen-bond acceptors (Lipinski definition) is 5. The molecule has 1 N–H and O–H groups in total. The van der Waals surface area contributed by atoms with Crippen LogP contribution in [-0.4, -0.2) is 16.4 Å². The molecule has 3 rings (SSSR count). The molecule has 1 aliphatic carbocycles. The van der Waals surface area contributed by atoms with E-state index in [4.69, 9.17) is 4.84 Å². The number of carbonyl (C=O) groups excluding carboxylic acids is 1. The molecule has 4 nitrogen and oxygen atoms in total. The second kappa shape index (κ2) is 6.54. The Hall–Kier alpha value is -1.14. The van der Waals surface area contributed by atoms with Gasteiger partial charge >= 0.3 is 6.09 Å². The molecule has 6 heteroatoms. The Morgan fingerprint density at radius 1 is 1.25 bits per heavy atom. The number of benzene rings is 1. The minimum atomic E-state index is -0.534. The van der Waals surface area contributed by atoms with Gasteiger partial charge in [-0.2, -0.15) is 0 Å². The number of nitrogens with zero attached hydrogens (tertiary/aromatic N) is 1. The summed E-state index contributed by atoms with van der Waals surface area (Å²) in [5, 5.41) is 8.31. The first kappa shape index (κ1) is 13.8. The van der Waals surface area contributed by atoms with Crippen LogP contribution in [0.2, 0.25) is 0 Å². The zero-order chi connectivity index (χ0) is 13.8. The first-order valence-electron chi connectivity index (χ1n) is 6.77. The molecule has 1 saturated carbocycles. The van der Waals surface area contributed by atoms with Gasteiger partial charge in [0.15, 0.2) is 0 Å². The van der Waals surface area contributed by atoms with Crippen LogP contribution in [0.1, 0.15) is 25.7 Å². The summed E-state index contributed by atoms with van der Waals surface area (Å²) in [5.74, 6) is 0.475. The average molecular weight is 308 g/mol. The van der Waals surface area contributed by atoms with Crippen molar-refractivity contribution in [1.82, 2.24) is 0 Å². The summed E-state index contributed by atoms with van der Waals surface area (Å²) in [4.78, 5) is 16.7. The number of rotatable bonds is 2. The number of hydrogen-bond donors (Lipinski definition) is 1. The molecule has 2 aliphatic rings. The quantitative estimate of drug-likeness (QED) is 0.496. The zero-order valence-electron chi connectivity index (χ0n) is 11.0. The van der Waals surface area contributed by atoms with Crippen LogP contribution in [-0.2, 0) is 4.84 Å². The second-order valence-electron chi connectivity index (χ2n) is 4.91. The Morgan fingerprint density at radius 3 is 2.90 bits per heavy atom. The van der Waals surface area contributed by atoms with Crippen molar-refractivity contribution < 1.29 is 9.63 Å². The Kier molecular flexibility index (Phi) is 4.52. The van der Waals surface area contributed by atoms with E-state index in [0.717, 1.165) is 11.5 Å². The highest BCUT2D eigenvalue weighted by Crippen LogP contribution is 2.50. The number of anilines is 1. The molecule has 1 saturated heterocycles. The van der Waals surface area contributed by atoms with Crippen LogP contribution in [0.4, 0.5) is 10.5 Å². The lowest BCUT2D eigenvalue weighted by Gasteiger charge is -2.22. The Bertz CT molecular complexity index is 507. The average Bonchev–Trinajstić information content (AvgIpc) is 2.89. The van der Waals surface area contributed by atoms with Crippen molar-refractivity contribution in [3.63, 3.8) is 0 Å². The third-order valence-electron chi connectivity index (χ3n) is 3.52. The van der Waals surface area contributed by atoms with Gasteiger partial charge in [-0.1, -0.05) is 47.0 Å². The predicted molar refractivity (Wildman–Crippen MR) is 84.9 cm³/mol. The minimum absolute atomic E-state index is 0.475. The fourth-order valence-electron chi connectivity index (χ4n) is 2.50. The fourth-order valence-corrected chi connectivity index (χ4v) is 5.76. The van der Waals surface area contributed by atoms with Crippen LogP contribution in [0.15, 0.2) is 35.5 Å². The number of oxime groups is 1. The molecule has 2 fully saturated rings. The van der Waals surface area contributed by atoms with Crippen LogP contribution in [0, 0.1) is 5.92 Å². The highest BCUT2D eigenvalue weighted by atomic mass is 33.1. The van der Waals surface area contributed by atoms with Gasteiger partial charge in [0.25, 0.3) is 0 Å². The van der Waals surface area contributed by atoms with Crippen LogP contribution in [0.25, 0.3) is 0 Å². The maximum absolute atomic E-state index is 11.7. The van der Waals surface area contributed by atoms with Crippen molar-refractivity contribution in [3.05, 3.63) is 30.3 Å². The van der Waals surface area contributed by atoms with Crippen LogP contribution >= 0.6 is 21.6 Å². The Morgan fingerprint density at radius 2 is 2.05 bits per heavy atom. The van der Waals surface area contributed by atoms with Crippen molar-refractivity contribution in [2.24, 2.45) is 11.1 Å². The van der Waals surface area contributed by atoms with E-state index in [-0.39, 0.29) is 0 Å². The predicted octanol–water partition coefficient (Wildman–Crippen LogP) is 4.50. The maximum atomic E-state index is 11.7. The topological polar surface area (TPSA) is 50.7 Å². The standard InChI is InChI=1S/C14H16N2O2S2/c17-14(15-10-6-2-1-3-7-10)18-16-13-11-8-4-5-9-12(11)19-20-13/h1-3,6-7,11-12H,4-5,8-9H2,(H,15,17)/b16-13-. The highest BCUT2D eigenvalue weighted by molar-refractivity contribution is 8.83. The number of amides is 1. The second-order valence-corrected chi connectivity index (χ2v) is 7.37. The summed E-state index contributed by atoms with van der Waals surface area (Å²) >= 11 is 0. The van der Waals surface area contributed by atoms with Gasteiger partial charge < -0.3 is 0 Å². The SMILES string of the molecule is O=C(Nc1ccccc1)O/N=C1\SSC2CCCCC12. The van der Waals surface area contributed by atoms with Gasteiger partial charge in [0.2, 0.25) is 0 Å². The van der Waals surface area contributed by atoms with E-state index >= 15 is 0 Å². The smallest absolute Gasteiger partial charge is 0.297 e. The lowest BCUT2D eigenvalue weighted by molar-refractivity contribution is 0.166. The number of nitrogens with one attached hydrogen (secondary N) is 1. The summed E-state index contributed by atoms with van der Waals surface area (Å²) in [7, 11) is 3.52. The van der Waals surface area contributed by atoms with Crippen molar-refractivity contribution >= 4 is 38.4 Å². The van der Waals surface area contributed by atoms with E-state index in [9.17, 15) is 4.79 Å². The largest absolute Gasteiger partial charge is 0.437 e. The van der Waals surface area contributed by atoms with Gasteiger partial charge in [-0.15, -0.1) is 0 Å². The molecule has 0 radical (unpaired) electrons. The van der Waals surface area contributed by atoms with Crippen molar-refractivity contribution in [3.8, 4) is 0 Å². The van der Waals surface area contributed by atoms with Gasteiger partial charge in [0.05, 0.1) is 0 Å². The van der Waals surface area contributed by atoms with Crippen molar-refractivity contribution in [1.29, 1.82) is 0 Å². The molecule has 1 aliphatic heterocycles. The lowest BCUT2D eigenvalue weighted by atomic mass is 9.89. The molecule has 1 amide bonds. The van der Waals surface area contributed by atoms with Crippen LogP contribution in [0.5, 0.6) is 0 Å². The molecular formula is C14H16N2O2S2. The molecule has 1 aromatic rings. The molecule has 2 atom stereocenters. The normalized spacial score (nSPS) is 27.1. The van der Waals surface area contributed by atoms with E-state index in [1.54, 1.807) is 10.8 Å². The van der Waals surface area contributed by atoms with Gasteiger partial charge in [0.1, 0.15) is 5.04 Å². The van der Waals surface area contributed by atoms with Crippen LogP contribution < -0.4 is 5.32 Å². The maximum Gasteiger partial charge on any atom is 0.437 e. The summed E-state index contributed by atoms with van der Waals surface area (Å²) in [6.45, 7) is 0. The van der Waals surface area contributed by atoms with Gasteiger partial charge in [-0.3, -0.25) is 10.2 Å². The van der Waals surface area contributed by atoms with Gasteiger partial charge in [0, 0.05) is 16.9 Å². The summed E-state index contributed by atoms with van der Waals surface area (Å²) in [6.07, 6.45) is 4.42.